The number of nitrogens with one attached hydrogen (secondary N) is 1. The Bertz CT molecular complexity index is 442. The minimum atomic E-state index is 0.374. The van der Waals surface area contributed by atoms with Gasteiger partial charge in [0, 0.05) is 31.6 Å². The van der Waals surface area contributed by atoms with Gasteiger partial charge in [-0.05, 0) is 12.3 Å². The normalized spacial score (nSPS) is 19.4. The summed E-state index contributed by atoms with van der Waals surface area (Å²) < 4.78 is 0. The fourth-order valence-electron chi connectivity index (χ4n) is 2.55. The van der Waals surface area contributed by atoms with Gasteiger partial charge < -0.3 is 10.2 Å². The average Bonchev–Trinajstić information content (AvgIpc) is 2.82. The zero-order valence-electron chi connectivity index (χ0n) is 13.5. The molecule has 1 unspecified atom stereocenters. The van der Waals surface area contributed by atoms with Crippen molar-refractivity contribution in [2.75, 3.05) is 18.0 Å². The monoisotopic (exact) mass is 276 g/mol. The highest BCUT2D eigenvalue weighted by atomic mass is 15.2. The summed E-state index contributed by atoms with van der Waals surface area (Å²) in [5.74, 6) is 2.09. The van der Waals surface area contributed by atoms with Crippen molar-refractivity contribution in [3.8, 4) is 0 Å². The zero-order chi connectivity index (χ0) is 14.7. The molecule has 2 rings (SSSR count). The largest absolute Gasteiger partial charge is 0.368 e. The van der Waals surface area contributed by atoms with Crippen molar-refractivity contribution >= 4 is 5.69 Å². The molecular formula is C16H28N4. The van der Waals surface area contributed by atoms with E-state index in [-0.39, 0.29) is 0 Å². The Morgan fingerprint density at radius 3 is 2.65 bits per heavy atom. The molecular weight excluding hydrogens is 248 g/mol. The molecule has 1 fully saturated rings. The Balaban J connectivity index is 2.24. The number of nitrogens with zero attached hydrogens (tertiary/aromatic N) is 3. The van der Waals surface area contributed by atoms with Crippen molar-refractivity contribution in [3.63, 3.8) is 0 Å². The molecule has 1 N–H and O–H groups in total. The van der Waals surface area contributed by atoms with Gasteiger partial charge in [-0.3, -0.25) is 0 Å². The van der Waals surface area contributed by atoms with Gasteiger partial charge in [0.2, 0.25) is 0 Å². The third-order valence-corrected chi connectivity index (χ3v) is 3.82. The summed E-state index contributed by atoms with van der Waals surface area (Å²) in [5, 5.41) is 3.49. The quantitative estimate of drug-likeness (QED) is 0.897. The molecule has 20 heavy (non-hydrogen) atoms. The number of rotatable bonds is 5. The molecule has 4 heteroatoms. The van der Waals surface area contributed by atoms with Gasteiger partial charge in [-0.2, -0.15) is 0 Å². The summed E-state index contributed by atoms with van der Waals surface area (Å²) >= 11 is 0. The number of hydrogen-bond acceptors (Lipinski definition) is 4. The number of aromatic nitrogens is 2. The molecule has 2 heterocycles. The standard InChI is InChI=1S/C16H28N4/c1-11(2)16-18-9-15(20-7-6-13(5)10-20)14(19-16)8-17-12(3)4/h9,11-13,17H,6-8,10H2,1-5H3. The maximum Gasteiger partial charge on any atom is 0.131 e. The van der Waals surface area contributed by atoms with Gasteiger partial charge in [0.15, 0.2) is 0 Å². The minimum absolute atomic E-state index is 0.374. The van der Waals surface area contributed by atoms with E-state index >= 15 is 0 Å². The van der Waals surface area contributed by atoms with Crippen molar-refractivity contribution < 1.29 is 0 Å². The summed E-state index contributed by atoms with van der Waals surface area (Å²) in [6.07, 6.45) is 3.29. The van der Waals surface area contributed by atoms with Crippen LogP contribution in [0.5, 0.6) is 0 Å². The third kappa shape index (κ3) is 3.69. The molecule has 0 bridgehead atoms. The van der Waals surface area contributed by atoms with Gasteiger partial charge in [0.05, 0.1) is 17.6 Å². The van der Waals surface area contributed by atoms with Gasteiger partial charge in [0.25, 0.3) is 0 Å². The second-order valence-corrected chi connectivity index (χ2v) is 6.59. The summed E-state index contributed by atoms with van der Waals surface area (Å²) in [6, 6.07) is 0.470. The molecule has 0 amide bonds. The SMILES string of the molecule is CC1CCN(c2cnc(C(C)C)nc2CNC(C)C)C1. The molecule has 0 aliphatic carbocycles. The Morgan fingerprint density at radius 1 is 1.35 bits per heavy atom. The van der Waals surface area contributed by atoms with E-state index in [2.05, 4.69) is 49.8 Å². The lowest BCUT2D eigenvalue weighted by Crippen LogP contribution is -2.27. The molecule has 0 saturated carbocycles. The van der Waals surface area contributed by atoms with E-state index in [1.54, 1.807) is 0 Å². The highest BCUT2D eigenvalue weighted by Crippen LogP contribution is 2.26. The third-order valence-electron chi connectivity index (χ3n) is 3.82. The summed E-state index contributed by atoms with van der Waals surface area (Å²) in [6.45, 7) is 14.0. The minimum Gasteiger partial charge on any atom is -0.368 e. The smallest absolute Gasteiger partial charge is 0.131 e. The first kappa shape index (κ1) is 15.2. The van der Waals surface area contributed by atoms with Crippen LogP contribution in [0.2, 0.25) is 0 Å². The van der Waals surface area contributed by atoms with Gasteiger partial charge in [0.1, 0.15) is 5.82 Å². The van der Waals surface area contributed by atoms with Crippen LogP contribution in [0.25, 0.3) is 0 Å². The molecule has 112 valence electrons. The van der Waals surface area contributed by atoms with Gasteiger partial charge in [-0.1, -0.05) is 34.6 Å². The van der Waals surface area contributed by atoms with Crippen LogP contribution in [0.15, 0.2) is 6.20 Å². The maximum absolute atomic E-state index is 4.80. The summed E-state index contributed by atoms with van der Waals surface area (Å²) in [4.78, 5) is 11.8. The van der Waals surface area contributed by atoms with Crippen LogP contribution in [0.1, 0.15) is 58.5 Å². The predicted molar refractivity (Wildman–Crippen MR) is 84.1 cm³/mol. The van der Waals surface area contributed by atoms with E-state index in [4.69, 9.17) is 4.98 Å². The van der Waals surface area contributed by atoms with E-state index in [0.717, 1.165) is 37.1 Å². The summed E-state index contributed by atoms with van der Waals surface area (Å²) in [5.41, 5.74) is 2.36. The average molecular weight is 276 g/mol. The van der Waals surface area contributed by atoms with E-state index < -0.39 is 0 Å². The molecule has 0 aromatic carbocycles. The van der Waals surface area contributed by atoms with Crippen LogP contribution in [-0.2, 0) is 6.54 Å². The lowest BCUT2D eigenvalue weighted by Gasteiger charge is -2.22. The molecule has 1 aromatic heterocycles. The first-order valence-corrected chi connectivity index (χ1v) is 7.81. The predicted octanol–water partition coefficient (Wildman–Crippen LogP) is 2.94. The molecule has 0 spiro atoms. The van der Waals surface area contributed by atoms with Crippen molar-refractivity contribution in [1.82, 2.24) is 15.3 Å². The first-order valence-electron chi connectivity index (χ1n) is 7.81. The topological polar surface area (TPSA) is 41.1 Å². The van der Waals surface area contributed by atoms with Gasteiger partial charge >= 0.3 is 0 Å². The molecule has 0 radical (unpaired) electrons. The van der Waals surface area contributed by atoms with Gasteiger partial charge in [-0.15, -0.1) is 0 Å². The van der Waals surface area contributed by atoms with E-state index in [9.17, 15) is 0 Å². The van der Waals surface area contributed by atoms with E-state index in [1.165, 1.54) is 12.1 Å². The molecule has 1 aliphatic heterocycles. The second kappa shape index (κ2) is 6.53. The lowest BCUT2D eigenvalue weighted by molar-refractivity contribution is 0.576. The van der Waals surface area contributed by atoms with E-state index in [0.29, 0.717) is 12.0 Å². The van der Waals surface area contributed by atoms with E-state index in [1.807, 2.05) is 6.20 Å². The Hall–Kier alpha value is -1.16. The zero-order valence-corrected chi connectivity index (χ0v) is 13.5. The molecule has 1 aromatic rings. The van der Waals surface area contributed by atoms with Crippen molar-refractivity contribution in [2.24, 2.45) is 5.92 Å². The molecule has 1 saturated heterocycles. The van der Waals surface area contributed by atoms with Crippen LogP contribution in [0.4, 0.5) is 5.69 Å². The highest BCUT2D eigenvalue weighted by molar-refractivity contribution is 5.50. The number of hydrogen-bond donors (Lipinski definition) is 1. The Morgan fingerprint density at radius 2 is 2.10 bits per heavy atom. The first-order chi connectivity index (χ1) is 9.47. The van der Waals surface area contributed by atoms with Crippen molar-refractivity contribution in [2.45, 2.75) is 59.5 Å². The Kier molecular flexibility index (Phi) is 4.97. The number of anilines is 1. The van der Waals surface area contributed by atoms with Gasteiger partial charge in [-0.25, -0.2) is 9.97 Å². The lowest BCUT2D eigenvalue weighted by atomic mass is 10.2. The molecule has 1 aliphatic rings. The second-order valence-electron chi connectivity index (χ2n) is 6.59. The van der Waals surface area contributed by atoms with Crippen LogP contribution in [0, 0.1) is 5.92 Å². The van der Waals surface area contributed by atoms with Crippen molar-refractivity contribution in [3.05, 3.63) is 17.7 Å². The maximum atomic E-state index is 4.80. The van der Waals surface area contributed by atoms with Crippen LogP contribution in [-0.4, -0.2) is 29.1 Å². The fourth-order valence-corrected chi connectivity index (χ4v) is 2.55. The van der Waals surface area contributed by atoms with Crippen molar-refractivity contribution in [1.29, 1.82) is 0 Å². The van der Waals surface area contributed by atoms with Crippen LogP contribution < -0.4 is 10.2 Å². The summed E-state index contributed by atoms with van der Waals surface area (Å²) in [7, 11) is 0. The van der Waals surface area contributed by atoms with Crippen LogP contribution >= 0.6 is 0 Å². The molecule has 1 atom stereocenters. The Labute approximate surface area is 123 Å². The van der Waals surface area contributed by atoms with Crippen LogP contribution in [0.3, 0.4) is 0 Å². The molecule has 4 nitrogen and oxygen atoms in total. The fraction of sp³-hybridized carbons (Fsp3) is 0.750. The highest BCUT2D eigenvalue weighted by Gasteiger charge is 2.22.